The minimum atomic E-state index is -0.651. The summed E-state index contributed by atoms with van der Waals surface area (Å²) in [5.41, 5.74) is 0. The highest BCUT2D eigenvalue weighted by Crippen LogP contribution is 2.16. The van der Waals surface area contributed by atoms with E-state index in [0.717, 1.165) is 31.6 Å². The number of hydrogen-bond donors (Lipinski definition) is 2. The van der Waals surface area contributed by atoms with Crippen molar-refractivity contribution in [3.63, 3.8) is 0 Å². The third-order valence-corrected chi connectivity index (χ3v) is 9.45. The Morgan fingerprint density at radius 3 is 0.933 bits per heavy atom. The minimum Gasteiger partial charge on any atom is -0.481 e. The van der Waals surface area contributed by atoms with Crippen LogP contribution < -0.4 is 0 Å². The fraction of sp³-hybridized carbons (Fsp3) is 0.976. The molecule has 0 saturated heterocycles. The molecule has 272 valence electrons. The van der Waals surface area contributed by atoms with Crippen LogP contribution in [0.15, 0.2) is 0 Å². The lowest BCUT2D eigenvalue weighted by Gasteiger charge is -2.10. The highest BCUT2D eigenvalue weighted by Gasteiger charge is 2.04. The molecule has 0 bridgehead atoms. The van der Waals surface area contributed by atoms with Crippen LogP contribution in [0.25, 0.3) is 0 Å². The number of aliphatic carboxylic acids is 1. The van der Waals surface area contributed by atoms with E-state index in [4.69, 9.17) is 5.11 Å². The average Bonchev–Trinajstić information content (AvgIpc) is 3.01. The van der Waals surface area contributed by atoms with Gasteiger partial charge in [-0.2, -0.15) is 0 Å². The Morgan fingerprint density at radius 2 is 0.644 bits per heavy atom. The second-order valence-corrected chi connectivity index (χ2v) is 14.8. The van der Waals surface area contributed by atoms with Gasteiger partial charge < -0.3 is 10.2 Å². The number of aliphatic hydroxyl groups excluding tert-OH is 1. The quantitative estimate of drug-likeness (QED) is 0.0671. The summed E-state index contributed by atoms with van der Waals surface area (Å²) in [6.07, 6.45) is 45.6. The molecule has 0 heterocycles. The van der Waals surface area contributed by atoms with E-state index in [1.165, 1.54) is 193 Å². The number of rotatable bonds is 36. The molecule has 1 unspecified atom stereocenters. The first-order valence-corrected chi connectivity index (χ1v) is 20.8. The minimum absolute atomic E-state index is 0.0337. The van der Waals surface area contributed by atoms with Crippen LogP contribution in [-0.2, 0) is 4.79 Å². The molecular formula is C42H86O3. The van der Waals surface area contributed by atoms with E-state index in [9.17, 15) is 9.90 Å². The number of unbranched alkanes of at least 4 members (excludes halogenated alkanes) is 28. The van der Waals surface area contributed by atoms with Crippen molar-refractivity contribution >= 4 is 5.97 Å². The summed E-state index contributed by atoms with van der Waals surface area (Å²) >= 11 is 0. The van der Waals surface area contributed by atoms with Gasteiger partial charge in [-0.05, 0) is 25.2 Å². The van der Waals surface area contributed by atoms with E-state index >= 15 is 0 Å². The van der Waals surface area contributed by atoms with Gasteiger partial charge in [-0.3, -0.25) is 4.79 Å². The number of aliphatic hydroxyl groups is 1. The SMILES string of the molecule is CCCCCCCCCCCC(O)CCCCCC(C)C.CCCCCCCCCCCCCCCCCCCCCC(=O)O. The topological polar surface area (TPSA) is 57.5 Å². The van der Waals surface area contributed by atoms with E-state index < -0.39 is 5.97 Å². The molecule has 0 aliphatic rings. The van der Waals surface area contributed by atoms with Crippen LogP contribution in [0.3, 0.4) is 0 Å². The van der Waals surface area contributed by atoms with Gasteiger partial charge in [-0.25, -0.2) is 0 Å². The molecule has 0 aromatic heterocycles. The number of carbonyl (C=O) groups is 1. The fourth-order valence-corrected chi connectivity index (χ4v) is 6.30. The van der Waals surface area contributed by atoms with Gasteiger partial charge in [0, 0.05) is 6.42 Å². The van der Waals surface area contributed by atoms with Crippen molar-refractivity contribution in [2.75, 3.05) is 0 Å². The summed E-state index contributed by atoms with van der Waals surface area (Å²) in [7, 11) is 0. The van der Waals surface area contributed by atoms with E-state index in [0.29, 0.717) is 6.42 Å². The molecule has 0 aliphatic heterocycles. The summed E-state index contributed by atoms with van der Waals surface area (Å²) in [5, 5.41) is 18.5. The van der Waals surface area contributed by atoms with Crippen molar-refractivity contribution in [3.8, 4) is 0 Å². The molecule has 0 amide bonds. The normalized spacial score (nSPS) is 12.0. The van der Waals surface area contributed by atoms with Crippen molar-refractivity contribution in [1.29, 1.82) is 0 Å². The lowest BCUT2D eigenvalue weighted by molar-refractivity contribution is -0.137. The van der Waals surface area contributed by atoms with Crippen molar-refractivity contribution in [3.05, 3.63) is 0 Å². The van der Waals surface area contributed by atoms with Gasteiger partial charge >= 0.3 is 5.97 Å². The maximum atomic E-state index is 10.4. The van der Waals surface area contributed by atoms with Gasteiger partial charge in [0.1, 0.15) is 0 Å². The number of hydrogen-bond acceptors (Lipinski definition) is 2. The zero-order valence-corrected chi connectivity index (χ0v) is 31.7. The molecule has 0 rings (SSSR count). The fourth-order valence-electron chi connectivity index (χ4n) is 6.30. The smallest absolute Gasteiger partial charge is 0.303 e. The Kier molecular flexibility index (Phi) is 42.9. The maximum absolute atomic E-state index is 10.4. The molecule has 0 aliphatic carbocycles. The molecule has 0 aromatic carbocycles. The monoisotopic (exact) mass is 639 g/mol. The lowest BCUT2D eigenvalue weighted by Crippen LogP contribution is -2.06. The first kappa shape index (κ1) is 46.5. The van der Waals surface area contributed by atoms with E-state index in [1.54, 1.807) is 0 Å². The largest absolute Gasteiger partial charge is 0.481 e. The Balaban J connectivity index is 0. The molecular weight excluding hydrogens is 552 g/mol. The van der Waals surface area contributed by atoms with Gasteiger partial charge in [0.25, 0.3) is 0 Å². The van der Waals surface area contributed by atoms with Gasteiger partial charge in [0.2, 0.25) is 0 Å². The van der Waals surface area contributed by atoms with Crippen LogP contribution in [0.2, 0.25) is 0 Å². The van der Waals surface area contributed by atoms with Gasteiger partial charge in [-0.15, -0.1) is 0 Å². The summed E-state index contributed by atoms with van der Waals surface area (Å²) in [4.78, 5) is 10.4. The number of carboxylic acid groups (broad SMARTS) is 1. The van der Waals surface area contributed by atoms with E-state index in [2.05, 4.69) is 27.7 Å². The Labute approximate surface area is 284 Å². The van der Waals surface area contributed by atoms with Crippen molar-refractivity contribution < 1.29 is 15.0 Å². The standard InChI is InChI=1S/C22H44O2.C20H42O/c1-2-3-4-5-6-7-8-9-10-11-12-13-14-15-16-17-18-19-20-21-22(23)24;1-4-5-6-7-8-9-10-11-14-17-20(21)18-15-12-13-16-19(2)3/h2-21H2,1H3,(H,23,24);19-21H,4-18H2,1-3H3. The van der Waals surface area contributed by atoms with Crippen molar-refractivity contribution in [1.82, 2.24) is 0 Å². The number of carboxylic acids is 1. The maximum Gasteiger partial charge on any atom is 0.303 e. The van der Waals surface area contributed by atoms with Crippen LogP contribution in [0, 0.1) is 5.92 Å². The molecule has 1 atom stereocenters. The van der Waals surface area contributed by atoms with Gasteiger partial charge in [0.15, 0.2) is 0 Å². The molecule has 45 heavy (non-hydrogen) atoms. The van der Waals surface area contributed by atoms with Crippen molar-refractivity contribution in [2.45, 2.75) is 259 Å². The third-order valence-electron chi connectivity index (χ3n) is 9.45. The van der Waals surface area contributed by atoms with Gasteiger partial charge in [0.05, 0.1) is 6.10 Å². The molecule has 3 heteroatoms. The van der Waals surface area contributed by atoms with Crippen LogP contribution in [0.4, 0.5) is 0 Å². The Bertz CT molecular complexity index is 532. The van der Waals surface area contributed by atoms with Gasteiger partial charge in [-0.1, -0.05) is 227 Å². The van der Waals surface area contributed by atoms with Crippen LogP contribution in [0.1, 0.15) is 252 Å². The molecule has 0 radical (unpaired) electrons. The average molecular weight is 639 g/mol. The summed E-state index contributed by atoms with van der Waals surface area (Å²) in [6.45, 7) is 9.14. The zero-order chi connectivity index (χ0) is 33.5. The molecule has 0 spiro atoms. The first-order valence-electron chi connectivity index (χ1n) is 20.8. The van der Waals surface area contributed by atoms with Crippen LogP contribution in [-0.4, -0.2) is 22.3 Å². The highest BCUT2D eigenvalue weighted by atomic mass is 16.4. The summed E-state index contributed by atoms with van der Waals surface area (Å²) in [6, 6.07) is 0. The summed E-state index contributed by atoms with van der Waals surface area (Å²) in [5.74, 6) is 0.180. The highest BCUT2D eigenvalue weighted by molar-refractivity contribution is 5.66. The third kappa shape index (κ3) is 47.9. The molecule has 3 nitrogen and oxygen atoms in total. The first-order chi connectivity index (χ1) is 21.9. The van der Waals surface area contributed by atoms with Crippen molar-refractivity contribution in [2.24, 2.45) is 5.92 Å². The predicted molar refractivity (Wildman–Crippen MR) is 201 cm³/mol. The Hall–Kier alpha value is -0.570. The zero-order valence-electron chi connectivity index (χ0n) is 31.7. The second kappa shape index (κ2) is 41.5. The Morgan fingerprint density at radius 1 is 0.400 bits per heavy atom. The van der Waals surface area contributed by atoms with E-state index in [-0.39, 0.29) is 6.10 Å². The molecule has 2 N–H and O–H groups in total. The molecule has 0 saturated carbocycles. The van der Waals surface area contributed by atoms with Crippen LogP contribution in [0.5, 0.6) is 0 Å². The summed E-state index contributed by atoms with van der Waals surface area (Å²) < 4.78 is 0. The molecule has 0 aromatic rings. The predicted octanol–water partition coefficient (Wildman–Crippen LogP) is 14.8. The van der Waals surface area contributed by atoms with E-state index in [1.807, 2.05) is 0 Å². The lowest BCUT2D eigenvalue weighted by atomic mass is 10.0. The van der Waals surface area contributed by atoms with Crippen LogP contribution >= 0.6 is 0 Å². The second-order valence-electron chi connectivity index (χ2n) is 14.8. The molecule has 0 fully saturated rings.